The van der Waals surface area contributed by atoms with Crippen LogP contribution in [0.4, 0.5) is 10.1 Å². The fourth-order valence-corrected chi connectivity index (χ4v) is 1.93. The van der Waals surface area contributed by atoms with Gasteiger partial charge in [-0.1, -0.05) is 0 Å². The van der Waals surface area contributed by atoms with Crippen LogP contribution in [-0.4, -0.2) is 17.1 Å². The molecule has 1 heterocycles. The van der Waals surface area contributed by atoms with E-state index in [4.69, 9.17) is 10.5 Å². The number of hydrogen-bond acceptors (Lipinski definition) is 3. The molecule has 0 saturated heterocycles. The molecule has 3 rings (SSSR count). The summed E-state index contributed by atoms with van der Waals surface area (Å²) >= 11 is 0. The largest absolute Gasteiger partial charge is 0.497 e. The van der Waals surface area contributed by atoms with Gasteiger partial charge in [0.2, 0.25) is 0 Å². The van der Waals surface area contributed by atoms with E-state index in [1.807, 2.05) is 18.2 Å². The van der Waals surface area contributed by atoms with Crippen LogP contribution >= 0.6 is 0 Å². The number of ether oxygens (including phenoxy) is 1. The Hall–Kier alpha value is -2.56. The van der Waals surface area contributed by atoms with Crippen molar-refractivity contribution >= 4 is 16.7 Å². The minimum Gasteiger partial charge on any atom is -0.497 e. The molecule has 19 heavy (non-hydrogen) atoms. The number of halogens is 1. The van der Waals surface area contributed by atoms with Gasteiger partial charge in [0.1, 0.15) is 17.4 Å². The number of nitrogen functional groups attached to an aromatic ring is 1. The van der Waals surface area contributed by atoms with Crippen LogP contribution in [0, 0.1) is 5.82 Å². The molecule has 0 fully saturated rings. The molecule has 0 amide bonds. The number of fused-ring (bicyclic) bond motifs is 1. The molecule has 3 aromatic rings. The fourth-order valence-electron chi connectivity index (χ4n) is 1.93. The predicted molar refractivity (Wildman–Crippen MR) is 72.5 cm³/mol. The third-order valence-corrected chi connectivity index (χ3v) is 2.96. The number of H-pyrrole nitrogens is 1. The van der Waals surface area contributed by atoms with E-state index >= 15 is 0 Å². The molecule has 0 unspecified atom stereocenters. The lowest BCUT2D eigenvalue weighted by Gasteiger charge is -1.99. The number of imidazole rings is 1. The van der Waals surface area contributed by atoms with Crippen LogP contribution in [0.2, 0.25) is 0 Å². The van der Waals surface area contributed by atoms with Crippen LogP contribution in [0.15, 0.2) is 36.4 Å². The second-order valence-corrected chi connectivity index (χ2v) is 4.20. The van der Waals surface area contributed by atoms with E-state index in [1.54, 1.807) is 13.2 Å². The molecule has 0 spiro atoms. The average molecular weight is 257 g/mol. The Kier molecular flexibility index (Phi) is 2.59. The van der Waals surface area contributed by atoms with E-state index in [0.717, 1.165) is 16.8 Å². The first-order valence-corrected chi connectivity index (χ1v) is 5.76. The Labute approximate surface area is 109 Å². The fraction of sp³-hybridized carbons (Fsp3) is 0.0714. The third kappa shape index (κ3) is 1.99. The van der Waals surface area contributed by atoms with Gasteiger partial charge in [0.05, 0.1) is 23.8 Å². The number of hydrogen-bond donors (Lipinski definition) is 2. The Morgan fingerprint density at radius 3 is 2.79 bits per heavy atom. The molecule has 5 heteroatoms. The zero-order valence-electron chi connectivity index (χ0n) is 10.3. The van der Waals surface area contributed by atoms with E-state index in [1.165, 1.54) is 12.1 Å². The summed E-state index contributed by atoms with van der Waals surface area (Å²) in [5.74, 6) is 0.892. The number of methoxy groups -OCH3 is 1. The van der Waals surface area contributed by atoms with Gasteiger partial charge in [0.15, 0.2) is 0 Å². The van der Waals surface area contributed by atoms with Crippen molar-refractivity contribution in [1.82, 2.24) is 9.97 Å². The summed E-state index contributed by atoms with van der Waals surface area (Å²) < 4.78 is 18.6. The number of nitrogens with zero attached hydrogens (tertiary/aromatic N) is 1. The van der Waals surface area contributed by atoms with Crippen molar-refractivity contribution in [1.29, 1.82) is 0 Å². The van der Waals surface area contributed by atoms with Crippen molar-refractivity contribution in [3.8, 4) is 17.1 Å². The summed E-state index contributed by atoms with van der Waals surface area (Å²) in [7, 11) is 1.60. The number of rotatable bonds is 2. The summed E-state index contributed by atoms with van der Waals surface area (Å²) in [6.07, 6.45) is 0. The molecule has 0 atom stereocenters. The minimum atomic E-state index is -0.449. The van der Waals surface area contributed by atoms with Crippen LogP contribution < -0.4 is 10.5 Å². The minimum absolute atomic E-state index is 0.126. The SMILES string of the molecule is COc1ccc2nc(-c3ccc(N)c(F)c3)[nH]c2c1. The van der Waals surface area contributed by atoms with Gasteiger partial charge in [-0.05, 0) is 30.3 Å². The second kappa shape index (κ2) is 4.28. The molecule has 0 aliphatic carbocycles. The highest BCUT2D eigenvalue weighted by Crippen LogP contribution is 2.25. The van der Waals surface area contributed by atoms with Crippen molar-refractivity contribution in [2.24, 2.45) is 0 Å². The quantitative estimate of drug-likeness (QED) is 0.694. The third-order valence-electron chi connectivity index (χ3n) is 2.96. The van der Waals surface area contributed by atoms with Gasteiger partial charge in [-0.3, -0.25) is 0 Å². The maximum atomic E-state index is 13.5. The maximum Gasteiger partial charge on any atom is 0.146 e. The first-order chi connectivity index (χ1) is 9.17. The molecule has 0 bridgehead atoms. The smallest absolute Gasteiger partial charge is 0.146 e. The van der Waals surface area contributed by atoms with E-state index in [2.05, 4.69) is 9.97 Å². The highest BCUT2D eigenvalue weighted by Gasteiger charge is 2.08. The maximum absolute atomic E-state index is 13.5. The van der Waals surface area contributed by atoms with Gasteiger partial charge in [-0.25, -0.2) is 9.37 Å². The monoisotopic (exact) mass is 257 g/mol. The average Bonchev–Trinajstić information content (AvgIpc) is 2.84. The molecular formula is C14H12FN3O. The Bertz CT molecular complexity index is 752. The molecule has 0 aliphatic heterocycles. The zero-order chi connectivity index (χ0) is 13.4. The van der Waals surface area contributed by atoms with Gasteiger partial charge in [0, 0.05) is 11.6 Å². The molecule has 1 aromatic heterocycles. The molecular weight excluding hydrogens is 245 g/mol. The van der Waals surface area contributed by atoms with Gasteiger partial charge < -0.3 is 15.5 Å². The number of nitrogens with one attached hydrogen (secondary N) is 1. The van der Waals surface area contributed by atoms with Crippen LogP contribution in [0.3, 0.4) is 0 Å². The molecule has 96 valence electrons. The lowest BCUT2D eigenvalue weighted by atomic mass is 10.2. The van der Waals surface area contributed by atoms with Crippen LogP contribution in [0.1, 0.15) is 0 Å². The molecule has 2 aromatic carbocycles. The normalized spacial score (nSPS) is 10.8. The second-order valence-electron chi connectivity index (χ2n) is 4.20. The number of anilines is 1. The summed E-state index contributed by atoms with van der Waals surface area (Å²) in [5, 5.41) is 0. The molecule has 4 nitrogen and oxygen atoms in total. The summed E-state index contributed by atoms with van der Waals surface area (Å²) in [6.45, 7) is 0. The van der Waals surface area contributed by atoms with E-state index in [0.29, 0.717) is 11.4 Å². The number of benzene rings is 2. The predicted octanol–water partition coefficient (Wildman–Crippen LogP) is 2.96. The van der Waals surface area contributed by atoms with Gasteiger partial charge in [0.25, 0.3) is 0 Å². The van der Waals surface area contributed by atoms with Crippen molar-refractivity contribution in [2.75, 3.05) is 12.8 Å². The molecule has 3 N–H and O–H groups in total. The Morgan fingerprint density at radius 2 is 2.05 bits per heavy atom. The molecule has 0 radical (unpaired) electrons. The van der Waals surface area contributed by atoms with Crippen molar-refractivity contribution in [3.63, 3.8) is 0 Å². The van der Waals surface area contributed by atoms with Crippen LogP contribution in [0.25, 0.3) is 22.4 Å². The Morgan fingerprint density at radius 1 is 1.21 bits per heavy atom. The van der Waals surface area contributed by atoms with Crippen molar-refractivity contribution < 1.29 is 9.13 Å². The number of aromatic nitrogens is 2. The highest BCUT2D eigenvalue weighted by molar-refractivity contribution is 5.80. The lowest BCUT2D eigenvalue weighted by Crippen LogP contribution is -1.91. The van der Waals surface area contributed by atoms with Gasteiger partial charge in [-0.2, -0.15) is 0 Å². The first kappa shape index (κ1) is 11.5. The molecule has 0 saturated carbocycles. The number of nitrogens with two attached hydrogens (primary N) is 1. The standard InChI is InChI=1S/C14H12FN3O/c1-19-9-3-5-12-13(7-9)18-14(17-12)8-2-4-11(16)10(15)6-8/h2-7H,16H2,1H3,(H,17,18). The van der Waals surface area contributed by atoms with E-state index in [-0.39, 0.29) is 5.69 Å². The lowest BCUT2D eigenvalue weighted by molar-refractivity contribution is 0.415. The Balaban J connectivity index is 2.11. The first-order valence-electron chi connectivity index (χ1n) is 5.76. The number of aromatic amines is 1. The van der Waals surface area contributed by atoms with Crippen molar-refractivity contribution in [2.45, 2.75) is 0 Å². The van der Waals surface area contributed by atoms with Crippen molar-refractivity contribution in [3.05, 3.63) is 42.2 Å². The zero-order valence-corrected chi connectivity index (χ0v) is 10.3. The van der Waals surface area contributed by atoms with Crippen LogP contribution in [0.5, 0.6) is 5.75 Å². The van der Waals surface area contributed by atoms with Gasteiger partial charge in [-0.15, -0.1) is 0 Å². The van der Waals surface area contributed by atoms with Crippen LogP contribution in [-0.2, 0) is 0 Å². The van der Waals surface area contributed by atoms with E-state index in [9.17, 15) is 4.39 Å². The summed E-state index contributed by atoms with van der Waals surface area (Å²) in [6, 6.07) is 10.1. The highest BCUT2D eigenvalue weighted by atomic mass is 19.1. The summed E-state index contributed by atoms with van der Waals surface area (Å²) in [5.41, 5.74) is 7.88. The van der Waals surface area contributed by atoms with E-state index < -0.39 is 5.82 Å². The summed E-state index contributed by atoms with van der Waals surface area (Å²) in [4.78, 5) is 7.55. The topological polar surface area (TPSA) is 63.9 Å². The van der Waals surface area contributed by atoms with Gasteiger partial charge >= 0.3 is 0 Å². The molecule has 0 aliphatic rings.